The van der Waals surface area contributed by atoms with Crippen LogP contribution < -0.4 is 0 Å². The Morgan fingerprint density at radius 3 is 1.30 bits per heavy atom. The normalized spacial score (nSPS) is 10.3. The summed E-state index contributed by atoms with van der Waals surface area (Å²) in [5.41, 5.74) is 0. The highest BCUT2D eigenvalue weighted by Crippen LogP contribution is 2.21. The highest BCUT2D eigenvalue weighted by Gasteiger charge is 2.16. The van der Waals surface area contributed by atoms with Crippen molar-refractivity contribution in [1.82, 2.24) is 0 Å². The number of hydrogen-bond donors (Lipinski definition) is 3. The van der Waals surface area contributed by atoms with Gasteiger partial charge < -0.3 is 14.7 Å². The number of hydrogen-bond acceptors (Lipinski definition) is 4. The minimum absolute atomic E-state index is 0.234. The topological polar surface area (TPSA) is 77.8 Å². The third kappa shape index (κ3) is 36.8. The predicted octanol–water partition coefficient (Wildman–Crippen LogP) is 0.746. The van der Waals surface area contributed by atoms with Gasteiger partial charge in [0.25, 0.3) is 0 Å². The molecular formula is C2H4Cl3O4P. The average molecular weight is 229 g/mol. The van der Waals surface area contributed by atoms with Crippen LogP contribution in [0, 0.1) is 0 Å². The van der Waals surface area contributed by atoms with Crippen LogP contribution in [0.4, 0.5) is 0 Å². The molecule has 0 aliphatic carbocycles. The smallest absolute Gasteiger partial charge is 0.324 e. The second kappa shape index (κ2) is 6.55. The van der Waals surface area contributed by atoms with Crippen molar-refractivity contribution >= 4 is 49.7 Å². The van der Waals surface area contributed by atoms with Crippen molar-refractivity contribution in [2.75, 3.05) is 0 Å². The van der Waals surface area contributed by atoms with Crippen LogP contribution >= 0.6 is 43.4 Å². The van der Waals surface area contributed by atoms with Gasteiger partial charge in [-0.15, -0.1) is 0 Å². The zero-order valence-electron chi connectivity index (χ0n) is 4.41. The Balaban J connectivity index is 0. The molecule has 0 spiro atoms. The Morgan fingerprint density at radius 1 is 1.20 bits per heavy atom. The second-order valence-electron chi connectivity index (χ2n) is 0.928. The predicted molar refractivity (Wildman–Crippen MR) is 39.9 cm³/mol. The van der Waals surface area contributed by atoms with E-state index in [9.17, 15) is 4.79 Å². The Labute approximate surface area is 73.3 Å². The van der Waals surface area contributed by atoms with Crippen molar-refractivity contribution in [3.05, 3.63) is 0 Å². The maximum absolute atomic E-state index is 9.43. The van der Waals surface area contributed by atoms with E-state index < -0.39 is 12.4 Å². The molecule has 8 heteroatoms. The van der Waals surface area contributed by atoms with E-state index in [1.807, 2.05) is 0 Å². The Bertz CT molecular complexity index is 88.2. The highest BCUT2D eigenvalue weighted by atomic mass is 35.6. The summed E-state index contributed by atoms with van der Waals surface area (Å²) in [5.74, 6) is 0. The summed E-state index contributed by atoms with van der Waals surface area (Å²) in [6, 6.07) is 0. The van der Waals surface area contributed by atoms with Crippen molar-refractivity contribution in [1.29, 1.82) is 0 Å². The molecule has 0 fully saturated rings. The highest BCUT2D eigenvalue weighted by molar-refractivity contribution is 7.38. The summed E-state index contributed by atoms with van der Waals surface area (Å²) in [7, 11) is -2.62. The molecule has 0 aromatic rings. The Morgan fingerprint density at radius 2 is 1.30 bits per heavy atom. The Hall–Kier alpha value is 0.850. The first kappa shape index (κ1) is 13.4. The number of rotatable bonds is 0. The van der Waals surface area contributed by atoms with E-state index in [1.165, 1.54) is 0 Å². The van der Waals surface area contributed by atoms with E-state index in [1.54, 1.807) is 0 Å². The van der Waals surface area contributed by atoms with Crippen LogP contribution in [0.25, 0.3) is 0 Å². The summed E-state index contributed by atoms with van der Waals surface area (Å²) in [4.78, 5) is 31.1. The molecule has 4 nitrogen and oxygen atoms in total. The fourth-order valence-electron chi connectivity index (χ4n) is 0. The van der Waals surface area contributed by atoms with Gasteiger partial charge in [0.2, 0.25) is 3.79 Å². The van der Waals surface area contributed by atoms with Gasteiger partial charge in [-0.1, -0.05) is 34.8 Å². The third-order valence-corrected chi connectivity index (χ3v) is 0.401. The number of alkyl halides is 3. The lowest BCUT2D eigenvalue weighted by Crippen LogP contribution is -2.00. The lowest BCUT2D eigenvalue weighted by atomic mass is 10.9. The van der Waals surface area contributed by atoms with Gasteiger partial charge in [0.15, 0.2) is 6.29 Å². The van der Waals surface area contributed by atoms with Crippen LogP contribution in [-0.4, -0.2) is 24.8 Å². The molecule has 62 valence electrons. The molecular weight excluding hydrogens is 225 g/mol. The largest absolute Gasteiger partial charge is 0.328 e. The Kier molecular flexibility index (Phi) is 8.81. The minimum atomic E-state index is -2.62. The maximum atomic E-state index is 9.43. The van der Waals surface area contributed by atoms with Gasteiger partial charge in [0.1, 0.15) is 0 Å². The van der Waals surface area contributed by atoms with Crippen LogP contribution in [-0.2, 0) is 4.79 Å². The van der Waals surface area contributed by atoms with Crippen molar-refractivity contribution < 1.29 is 19.5 Å². The molecule has 0 aliphatic rings. The molecule has 0 rings (SSSR count). The van der Waals surface area contributed by atoms with Gasteiger partial charge in [-0.2, -0.15) is 0 Å². The molecule has 0 aromatic carbocycles. The summed E-state index contributed by atoms with van der Waals surface area (Å²) < 4.78 is -1.72. The molecule has 0 atom stereocenters. The van der Waals surface area contributed by atoms with E-state index in [0.717, 1.165) is 0 Å². The third-order valence-electron chi connectivity index (χ3n) is 0.134. The quantitative estimate of drug-likeness (QED) is 0.325. The first-order valence-corrected chi connectivity index (χ1v) is 4.03. The molecule has 0 heterocycles. The lowest BCUT2D eigenvalue weighted by Gasteiger charge is -1.93. The number of carbonyl (C=O) groups excluding carboxylic acids is 1. The summed E-state index contributed by atoms with van der Waals surface area (Å²) in [6.07, 6.45) is 0.234. The van der Waals surface area contributed by atoms with Crippen LogP contribution in [0.2, 0.25) is 0 Å². The molecule has 0 bridgehead atoms. The SMILES string of the molecule is O=CC(Cl)(Cl)Cl.OP(O)O. The second-order valence-corrected chi connectivity index (χ2v) is 3.83. The van der Waals surface area contributed by atoms with E-state index >= 15 is 0 Å². The molecule has 0 amide bonds. The van der Waals surface area contributed by atoms with Crippen molar-refractivity contribution in [3.63, 3.8) is 0 Å². The zero-order chi connectivity index (χ0) is 8.78. The van der Waals surface area contributed by atoms with E-state index in [2.05, 4.69) is 0 Å². The number of aldehydes is 1. The number of halogens is 3. The monoisotopic (exact) mass is 228 g/mol. The van der Waals surface area contributed by atoms with Gasteiger partial charge >= 0.3 is 8.60 Å². The summed E-state index contributed by atoms with van der Waals surface area (Å²) >= 11 is 14.6. The van der Waals surface area contributed by atoms with Gasteiger partial charge in [0, 0.05) is 0 Å². The van der Waals surface area contributed by atoms with Crippen molar-refractivity contribution in [2.45, 2.75) is 3.79 Å². The molecule has 0 radical (unpaired) electrons. The molecule has 3 N–H and O–H groups in total. The van der Waals surface area contributed by atoms with Crippen molar-refractivity contribution in [3.8, 4) is 0 Å². The molecule has 0 aliphatic heterocycles. The zero-order valence-corrected chi connectivity index (χ0v) is 7.57. The van der Waals surface area contributed by atoms with E-state index in [4.69, 9.17) is 49.5 Å². The van der Waals surface area contributed by atoms with E-state index in [-0.39, 0.29) is 6.29 Å². The molecule has 0 saturated heterocycles. The van der Waals surface area contributed by atoms with Gasteiger partial charge in [-0.25, -0.2) is 0 Å². The van der Waals surface area contributed by atoms with Gasteiger partial charge in [0.05, 0.1) is 0 Å². The standard InChI is InChI=1S/C2HCl3O.H3O3P/c3-2(4,5)1-6;1-4(2)3/h1H;1-3H. The van der Waals surface area contributed by atoms with Crippen LogP contribution in [0.1, 0.15) is 0 Å². The molecule has 0 saturated carbocycles. The van der Waals surface area contributed by atoms with E-state index in [0.29, 0.717) is 0 Å². The average Bonchev–Trinajstić information content (AvgIpc) is 1.63. The summed E-state index contributed by atoms with van der Waals surface area (Å²) in [6.45, 7) is 0. The first-order chi connectivity index (χ1) is 4.29. The fourth-order valence-corrected chi connectivity index (χ4v) is 0. The fraction of sp³-hybridized carbons (Fsp3) is 0.500. The van der Waals surface area contributed by atoms with Crippen LogP contribution in [0.5, 0.6) is 0 Å². The summed E-state index contributed by atoms with van der Waals surface area (Å²) in [5, 5.41) is 0. The van der Waals surface area contributed by atoms with Gasteiger partial charge in [-0.05, 0) is 0 Å². The molecule has 0 unspecified atom stereocenters. The lowest BCUT2D eigenvalue weighted by molar-refractivity contribution is -0.107. The minimum Gasteiger partial charge on any atom is -0.328 e. The van der Waals surface area contributed by atoms with Gasteiger partial charge in [-0.3, -0.25) is 4.79 Å². The van der Waals surface area contributed by atoms with Crippen LogP contribution in [0.15, 0.2) is 0 Å². The van der Waals surface area contributed by atoms with Crippen LogP contribution in [0.3, 0.4) is 0 Å². The molecule has 0 aromatic heterocycles. The maximum Gasteiger partial charge on any atom is 0.324 e. The number of carbonyl (C=O) groups is 1. The molecule has 10 heavy (non-hydrogen) atoms. The first-order valence-electron chi connectivity index (χ1n) is 1.69. The van der Waals surface area contributed by atoms with Crippen molar-refractivity contribution in [2.24, 2.45) is 0 Å².